The average molecular weight is 425 g/mol. The molecular formula is C30H20N2O. The van der Waals surface area contributed by atoms with Crippen molar-refractivity contribution < 1.29 is 4.74 Å². The molecule has 0 unspecified atom stereocenters. The lowest BCUT2D eigenvalue weighted by atomic mass is 10.0. The summed E-state index contributed by atoms with van der Waals surface area (Å²) in [6.45, 7) is 0. The Morgan fingerprint density at radius 3 is 1.88 bits per heavy atom. The molecule has 0 atom stereocenters. The van der Waals surface area contributed by atoms with Crippen LogP contribution in [-0.4, -0.2) is 9.97 Å². The molecule has 4 aromatic carbocycles. The van der Waals surface area contributed by atoms with Crippen molar-refractivity contribution in [1.82, 2.24) is 9.97 Å². The highest BCUT2D eigenvalue weighted by Gasteiger charge is 2.12. The fraction of sp³-hybridized carbons (Fsp3) is 0. The molecule has 3 nitrogen and oxygen atoms in total. The van der Waals surface area contributed by atoms with E-state index in [0.29, 0.717) is 0 Å². The van der Waals surface area contributed by atoms with Gasteiger partial charge in [-0.25, -0.2) is 0 Å². The van der Waals surface area contributed by atoms with E-state index in [1.807, 2.05) is 67.0 Å². The van der Waals surface area contributed by atoms with E-state index in [0.717, 1.165) is 55.6 Å². The molecule has 6 rings (SSSR count). The maximum Gasteiger partial charge on any atom is 0.135 e. The SMILES string of the molecule is c1ccc(-c2cc(Oc3cc(-c4ccccn4)c4ccccc4c3)c3ccccc3c2)nc1. The second-order valence-electron chi connectivity index (χ2n) is 7.92. The van der Waals surface area contributed by atoms with E-state index in [-0.39, 0.29) is 0 Å². The molecule has 6 aromatic rings. The third kappa shape index (κ3) is 3.70. The van der Waals surface area contributed by atoms with Crippen molar-refractivity contribution in [2.24, 2.45) is 0 Å². The van der Waals surface area contributed by atoms with Crippen LogP contribution < -0.4 is 4.74 Å². The summed E-state index contributed by atoms with van der Waals surface area (Å²) in [5, 5.41) is 4.43. The van der Waals surface area contributed by atoms with Gasteiger partial charge in [-0.15, -0.1) is 0 Å². The van der Waals surface area contributed by atoms with Gasteiger partial charge in [-0.2, -0.15) is 0 Å². The normalized spacial score (nSPS) is 11.0. The number of pyridine rings is 2. The molecule has 0 N–H and O–H groups in total. The van der Waals surface area contributed by atoms with E-state index in [2.05, 4.69) is 64.6 Å². The zero-order valence-corrected chi connectivity index (χ0v) is 17.8. The molecule has 0 saturated carbocycles. The third-order valence-electron chi connectivity index (χ3n) is 5.79. The van der Waals surface area contributed by atoms with Crippen LogP contribution in [0.3, 0.4) is 0 Å². The van der Waals surface area contributed by atoms with Crippen LogP contribution in [0.15, 0.2) is 122 Å². The minimum absolute atomic E-state index is 0.776. The Morgan fingerprint density at radius 2 is 1.15 bits per heavy atom. The molecule has 3 heteroatoms. The Hall–Kier alpha value is -4.50. The second kappa shape index (κ2) is 8.21. The summed E-state index contributed by atoms with van der Waals surface area (Å²) < 4.78 is 6.57. The monoisotopic (exact) mass is 424 g/mol. The lowest BCUT2D eigenvalue weighted by molar-refractivity contribution is 0.489. The van der Waals surface area contributed by atoms with Gasteiger partial charge < -0.3 is 4.74 Å². The first-order valence-corrected chi connectivity index (χ1v) is 10.9. The van der Waals surface area contributed by atoms with Crippen molar-refractivity contribution in [3.8, 4) is 34.0 Å². The van der Waals surface area contributed by atoms with Crippen LogP contribution in [0.1, 0.15) is 0 Å². The largest absolute Gasteiger partial charge is 0.457 e. The lowest BCUT2D eigenvalue weighted by Crippen LogP contribution is -1.91. The molecule has 2 aromatic heterocycles. The van der Waals surface area contributed by atoms with Crippen LogP contribution >= 0.6 is 0 Å². The van der Waals surface area contributed by atoms with Crippen molar-refractivity contribution in [3.63, 3.8) is 0 Å². The molecule has 0 radical (unpaired) electrons. The number of ether oxygens (including phenoxy) is 1. The number of hydrogen-bond acceptors (Lipinski definition) is 3. The van der Waals surface area contributed by atoms with Gasteiger partial charge in [0.2, 0.25) is 0 Å². The van der Waals surface area contributed by atoms with Crippen LogP contribution in [0.25, 0.3) is 44.1 Å². The number of rotatable bonds is 4. The topological polar surface area (TPSA) is 35.0 Å². The molecule has 156 valence electrons. The van der Waals surface area contributed by atoms with Crippen LogP contribution in [0.5, 0.6) is 11.5 Å². The third-order valence-corrected chi connectivity index (χ3v) is 5.79. The van der Waals surface area contributed by atoms with Gasteiger partial charge in [0.25, 0.3) is 0 Å². The van der Waals surface area contributed by atoms with Crippen LogP contribution in [0.2, 0.25) is 0 Å². The molecule has 0 saturated heterocycles. The number of aromatic nitrogens is 2. The Morgan fingerprint density at radius 1 is 0.515 bits per heavy atom. The lowest BCUT2D eigenvalue weighted by Gasteiger charge is -2.14. The minimum atomic E-state index is 0.776. The first-order valence-electron chi connectivity index (χ1n) is 10.9. The van der Waals surface area contributed by atoms with Gasteiger partial charge in [0.15, 0.2) is 0 Å². The minimum Gasteiger partial charge on any atom is -0.457 e. The quantitative estimate of drug-likeness (QED) is 0.288. The summed E-state index contributed by atoms with van der Waals surface area (Å²) in [6, 6.07) is 36.9. The first kappa shape index (κ1) is 19.2. The standard InChI is InChI=1S/C30H20N2O/c1-3-11-25-22(10-1)18-24(20-27(25)29-14-6-8-16-32-29)33-30-19-23(28-13-5-7-15-31-28)17-21-9-2-4-12-26(21)30/h1-20H. The molecule has 0 aliphatic carbocycles. The zero-order chi connectivity index (χ0) is 22.0. The predicted molar refractivity (Wildman–Crippen MR) is 134 cm³/mol. The highest BCUT2D eigenvalue weighted by Crippen LogP contribution is 2.38. The fourth-order valence-electron chi connectivity index (χ4n) is 4.24. The number of hydrogen-bond donors (Lipinski definition) is 0. The molecule has 2 heterocycles. The molecule has 33 heavy (non-hydrogen) atoms. The van der Waals surface area contributed by atoms with Gasteiger partial charge in [0.1, 0.15) is 11.5 Å². The number of benzene rings is 4. The highest BCUT2D eigenvalue weighted by molar-refractivity contribution is 5.97. The Balaban J connectivity index is 1.52. The van der Waals surface area contributed by atoms with E-state index in [4.69, 9.17) is 4.74 Å². The van der Waals surface area contributed by atoms with Gasteiger partial charge in [-0.05, 0) is 64.7 Å². The van der Waals surface area contributed by atoms with E-state index in [1.54, 1.807) is 0 Å². The summed E-state index contributed by atoms with van der Waals surface area (Å²) in [6.07, 6.45) is 3.63. The zero-order valence-electron chi connectivity index (χ0n) is 17.8. The van der Waals surface area contributed by atoms with Gasteiger partial charge >= 0.3 is 0 Å². The smallest absolute Gasteiger partial charge is 0.135 e. The maximum absolute atomic E-state index is 6.57. The summed E-state index contributed by atoms with van der Waals surface area (Å²) in [5.41, 5.74) is 3.91. The second-order valence-corrected chi connectivity index (χ2v) is 7.92. The predicted octanol–water partition coefficient (Wildman–Crippen LogP) is 7.91. The van der Waals surface area contributed by atoms with Crippen molar-refractivity contribution in [1.29, 1.82) is 0 Å². The molecule has 0 fully saturated rings. The van der Waals surface area contributed by atoms with E-state index in [1.165, 1.54) is 0 Å². The van der Waals surface area contributed by atoms with Crippen molar-refractivity contribution in [2.45, 2.75) is 0 Å². The van der Waals surface area contributed by atoms with E-state index >= 15 is 0 Å². The van der Waals surface area contributed by atoms with E-state index in [9.17, 15) is 0 Å². The maximum atomic E-state index is 6.57. The van der Waals surface area contributed by atoms with Crippen molar-refractivity contribution in [3.05, 3.63) is 122 Å². The number of fused-ring (bicyclic) bond motifs is 2. The number of nitrogens with zero attached hydrogens (tertiary/aromatic N) is 2. The summed E-state index contributed by atoms with van der Waals surface area (Å²) in [5.74, 6) is 1.58. The summed E-state index contributed by atoms with van der Waals surface area (Å²) >= 11 is 0. The molecule has 0 spiro atoms. The fourth-order valence-corrected chi connectivity index (χ4v) is 4.24. The van der Waals surface area contributed by atoms with E-state index < -0.39 is 0 Å². The van der Waals surface area contributed by atoms with Gasteiger partial charge in [0.05, 0.1) is 11.4 Å². The molecule has 0 bridgehead atoms. The summed E-state index contributed by atoms with van der Waals surface area (Å²) in [7, 11) is 0. The molecular weight excluding hydrogens is 404 g/mol. The van der Waals surface area contributed by atoms with Crippen molar-refractivity contribution in [2.75, 3.05) is 0 Å². The highest BCUT2D eigenvalue weighted by atomic mass is 16.5. The summed E-state index contributed by atoms with van der Waals surface area (Å²) in [4.78, 5) is 9.12. The average Bonchev–Trinajstić information content (AvgIpc) is 2.89. The van der Waals surface area contributed by atoms with Crippen LogP contribution in [0, 0.1) is 0 Å². The van der Waals surface area contributed by atoms with Crippen LogP contribution in [0.4, 0.5) is 0 Å². The van der Waals surface area contributed by atoms with Crippen molar-refractivity contribution >= 4 is 21.5 Å². The Bertz CT molecular complexity index is 1580. The molecule has 0 aliphatic heterocycles. The molecule has 0 aliphatic rings. The molecule has 0 amide bonds. The Labute approximate surface area is 192 Å². The Kier molecular flexibility index (Phi) is 4.78. The first-order chi connectivity index (χ1) is 16.3. The van der Waals surface area contributed by atoms with Gasteiger partial charge in [0, 0.05) is 28.9 Å². The van der Waals surface area contributed by atoms with Crippen LogP contribution in [-0.2, 0) is 0 Å². The van der Waals surface area contributed by atoms with Gasteiger partial charge in [-0.3, -0.25) is 9.97 Å². The van der Waals surface area contributed by atoms with Gasteiger partial charge in [-0.1, -0.05) is 60.7 Å².